The number of fused-ring (bicyclic) bond motifs is 2. The number of alkyl halides is 7. The molecule has 2 saturated carbocycles. The quantitative estimate of drug-likeness (QED) is 0.570. The van der Waals surface area contributed by atoms with Gasteiger partial charge in [0.1, 0.15) is 5.78 Å². The number of carbonyl (C=O) groups is 2. The van der Waals surface area contributed by atoms with Crippen LogP contribution in [-0.2, 0) is 9.59 Å². The zero-order valence-electron chi connectivity index (χ0n) is 12.5. The van der Waals surface area contributed by atoms with Gasteiger partial charge in [0.15, 0.2) is 0 Å². The van der Waals surface area contributed by atoms with Crippen LogP contribution in [-0.4, -0.2) is 29.6 Å². The highest BCUT2D eigenvalue weighted by Crippen LogP contribution is 2.66. The monoisotopic (exact) mass is 348 g/mol. The van der Waals surface area contributed by atoms with Gasteiger partial charge >= 0.3 is 18.0 Å². The second-order valence-corrected chi connectivity index (χ2v) is 7.05. The summed E-state index contributed by atoms with van der Waals surface area (Å²) in [6, 6.07) is 0. The molecular formula is C14H15F7O2. The molecule has 0 amide bonds. The number of hydrogen-bond donors (Lipinski definition) is 0. The Morgan fingerprint density at radius 1 is 1.04 bits per heavy atom. The molecule has 2 bridgehead atoms. The van der Waals surface area contributed by atoms with Crippen molar-refractivity contribution in [3.63, 3.8) is 0 Å². The van der Waals surface area contributed by atoms with E-state index in [0.717, 1.165) is 0 Å². The van der Waals surface area contributed by atoms with E-state index in [4.69, 9.17) is 0 Å². The molecule has 0 aliphatic heterocycles. The van der Waals surface area contributed by atoms with Crippen molar-refractivity contribution in [1.29, 1.82) is 0 Å². The van der Waals surface area contributed by atoms with E-state index in [1.165, 1.54) is 20.8 Å². The van der Waals surface area contributed by atoms with Gasteiger partial charge in [-0.15, -0.1) is 0 Å². The molecule has 0 heterocycles. The standard InChI is InChI=1S/C14H15F7O2/c1-10(2)6-4-5-11(10,3)8(22)7(6)9(23)12(15,16)13(17,18)14(19,20)21/h6-7H,4-5H2,1-3H3/t6-,7-,11+/m0/s1. The molecule has 0 saturated heterocycles. The third-order valence-corrected chi connectivity index (χ3v) is 5.88. The first kappa shape index (κ1) is 18.2. The molecule has 0 spiro atoms. The highest BCUT2D eigenvalue weighted by Gasteiger charge is 2.79. The molecule has 0 radical (unpaired) electrons. The smallest absolute Gasteiger partial charge is 0.298 e. The molecule has 2 rings (SSSR count). The van der Waals surface area contributed by atoms with Crippen LogP contribution in [0.5, 0.6) is 0 Å². The Labute approximate surface area is 127 Å². The summed E-state index contributed by atoms with van der Waals surface area (Å²) in [5.41, 5.74) is -2.10. The number of rotatable bonds is 3. The summed E-state index contributed by atoms with van der Waals surface area (Å²) in [5, 5.41) is 0. The average molecular weight is 348 g/mol. The van der Waals surface area contributed by atoms with Gasteiger partial charge in [-0.05, 0) is 24.2 Å². The first-order valence-corrected chi connectivity index (χ1v) is 6.94. The second-order valence-electron chi connectivity index (χ2n) is 7.05. The number of Topliss-reactive ketones (excluding diaryl/α,β-unsaturated/α-hetero) is 2. The van der Waals surface area contributed by atoms with E-state index in [0.29, 0.717) is 0 Å². The predicted molar refractivity (Wildman–Crippen MR) is 64.1 cm³/mol. The minimum Gasteiger partial charge on any atom is -0.298 e. The van der Waals surface area contributed by atoms with Gasteiger partial charge in [-0.3, -0.25) is 9.59 Å². The molecule has 2 fully saturated rings. The fourth-order valence-electron chi connectivity index (χ4n) is 3.92. The van der Waals surface area contributed by atoms with Crippen molar-refractivity contribution in [2.45, 2.75) is 51.6 Å². The molecule has 0 N–H and O–H groups in total. The number of hydrogen-bond acceptors (Lipinski definition) is 2. The molecule has 0 aromatic carbocycles. The lowest BCUT2D eigenvalue weighted by atomic mass is 9.70. The lowest BCUT2D eigenvalue weighted by Crippen LogP contribution is -2.59. The van der Waals surface area contributed by atoms with Gasteiger partial charge in [0.2, 0.25) is 5.78 Å². The van der Waals surface area contributed by atoms with Gasteiger partial charge in [-0.25, -0.2) is 0 Å². The zero-order valence-corrected chi connectivity index (χ0v) is 12.5. The van der Waals surface area contributed by atoms with Crippen LogP contribution >= 0.6 is 0 Å². The summed E-state index contributed by atoms with van der Waals surface area (Å²) in [4.78, 5) is 24.1. The molecule has 2 nitrogen and oxygen atoms in total. The van der Waals surface area contributed by atoms with Gasteiger partial charge in [-0.2, -0.15) is 30.7 Å². The first-order valence-electron chi connectivity index (χ1n) is 6.94. The second kappa shape index (κ2) is 4.47. The molecule has 9 heteroatoms. The topological polar surface area (TPSA) is 34.1 Å². The fourth-order valence-corrected chi connectivity index (χ4v) is 3.92. The Bertz CT molecular complexity index is 564. The van der Waals surface area contributed by atoms with E-state index in [1.54, 1.807) is 0 Å². The van der Waals surface area contributed by atoms with Crippen molar-refractivity contribution in [2.75, 3.05) is 0 Å². The Kier molecular flexibility index (Phi) is 3.54. The van der Waals surface area contributed by atoms with Crippen LogP contribution in [0, 0.1) is 22.7 Å². The zero-order chi connectivity index (χ0) is 18.2. The van der Waals surface area contributed by atoms with Crippen LogP contribution in [0.15, 0.2) is 0 Å². The minimum atomic E-state index is -6.59. The Morgan fingerprint density at radius 2 is 1.52 bits per heavy atom. The maximum absolute atomic E-state index is 13.6. The van der Waals surface area contributed by atoms with Crippen molar-refractivity contribution >= 4 is 11.6 Å². The van der Waals surface area contributed by atoms with E-state index < -0.39 is 52.3 Å². The van der Waals surface area contributed by atoms with Crippen LogP contribution in [0.25, 0.3) is 0 Å². The highest BCUT2D eigenvalue weighted by atomic mass is 19.4. The normalized spacial score (nSPS) is 34.1. The first-order chi connectivity index (χ1) is 10.0. The van der Waals surface area contributed by atoms with Gasteiger partial charge in [-0.1, -0.05) is 20.8 Å². The van der Waals surface area contributed by atoms with Crippen LogP contribution in [0.4, 0.5) is 30.7 Å². The SMILES string of the molecule is CC1(C)[C@H]2CC[C@]1(C)C(=O)[C@H]2C(=O)C(F)(F)C(F)(F)C(F)(F)F. The lowest BCUT2D eigenvalue weighted by Gasteiger charge is -2.32. The number of halogens is 7. The largest absolute Gasteiger partial charge is 0.460 e. The van der Waals surface area contributed by atoms with Crippen molar-refractivity contribution in [3.8, 4) is 0 Å². The third-order valence-electron chi connectivity index (χ3n) is 5.88. The van der Waals surface area contributed by atoms with Crippen LogP contribution in [0.3, 0.4) is 0 Å². The van der Waals surface area contributed by atoms with Gasteiger partial charge in [0.05, 0.1) is 5.92 Å². The molecule has 0 aromatic heterocycles. The molecular weight excluding hydrogens is 333 g/mol. The van der Waals surface area contributed by atoms with Crippen molar-refractivity contribution in [2.24, 2.45) is 22.7 Å². The molecule has 3 atom stereocenters. The van der Waals surface area contributed by atoms with E-state index in [9.17, 15) is 40.3 Å². The summed E-state index contributed by atoms with van der Waals surface area (Å²) < 4.78 is 90.1. The third kappa shape index (κ3) is 1.94. The number of carbonyl (C=O) groups excluding carboxylic acids is 2. The average Bonchev–Trinajstić information content (AvgIpc) is 2.68. The highest BCUT2D eigenvalue weighted by molar-refractivity contribution is 6.10. The van der Waals surface area contributed by atoms with Gasteiger partial charge in [0, 0.05) is 5.41 Å². The minimum absolute atomic E-state index is 0.152. The fraction of sp³-hybridized carbons (Fsp3) is 0.857. The predicted octanol–water partition coefficient (Wildman–Crippen LogP) is 4.03. The summed E-state index contributed by atoms with van der Waals surface area (Å²) in [6.45, 7) is 4.51. The van der Waals surface area contributed by atoms with Crippen molar-refractivity contribution < 1.29 is 40.3 Å². The van der Waals surface area contributed by atoms with Crippen LogP contribution < -0.4 is 0 Å². The van der Waals surface area contributed by atoms with E-state index >= 15 is 0 Å². The molecule has 2 aliphatic rings. The summed E-state index contributed by atoms with van der Waals surface area (Å²) in [7, 11) is 0. The molecule has 2 aliphatic carbocycles. The Morgan fingerprint density at radius 3 is 1.87 bits per heavy atom. The molecule has 0 unspecified atom stereocenters. The van der Waals surface area contributed by atoms with Crippen LogP contribution in [0.2, 0.25) is 0 Å². The van der Waals surface area contributed by atoms with E-state index in [-0.39, 0.29) is 12.8 Å². The van der Waals surface area contributed by atoms with Crippen LogP contribution in [0.1, 0.15) is 33.6 Å². The number of ketones is 2. The van der Waals surface area contributed by atoms with Gasteiger partial charge in [0.25, 0.3) is 0 Å². The van der Waals surface area contributed by atoms with Crippen molar-refractivity contribution in [1.82, 2.24) is 0 Å². The lowest BCUT2D eigenvalue weighted by molar-refractivity contribution is -0.344. The molecule has 23 heavy (non-hydrogen) atoms. The van der Waals surface area contributed by atoms with E-state index in [2.05, 4.69) is 0 Å². The molecule has 0 aromatic rings. The van der Waals surface area contributed by atoms with Gasteiger partial charge < -0.3 is 0 Å². The summed E-state index contributed by atoms with van der Waals surface area (Å²) in [5.74, 6) is -19.2. The Hall–Kier alpha value is -1.15. The maximum atomic E-state index is 13.6. The molecule has 132 valence electrons. The van der Waals surface area contributed by atoms with E-state index in [1.807, 2.05) is 0 Å². The Balaban J connectivity index is 2.45. The maximum Gasteiger partial charge on any atom is 0.460 e. The van der Waals surface area contributed by atoms with Crippen molar-refractivity contribution in [3.05, 3.63) is 0 Å². The summed E-state index contributed by atoms with van der Waals surface area (Å²) >= 11 is 0. The summed E-state index contributed by atoms with van der Waals surface area (Å²) in [6.07, 6.45) is -6.15.